The van der Waals surface area contributed by atoms with Gasteiger partial charge in [0.1, 0.15) is 5.69 Å². The zero-order valence-corrected chi connectivity index (χ0v) is 19.5. The number of rotatable bonds is 16. The Bertz CT molecular complexity index is 434. The summed E-state index contributed by atoms with van der Waals surface area (Å²) >= 11 is 0. The van der Waals surface area contributed by atoms with E-state index in [0.717, 1.165) is 0 Å². The van der Waals surface area contributed by atoms with E-state index in [1.54, 1.807) is 0 Å². The van der Waals surface area contributed by atoms with Crippen molar-refractivity contribution < 1.29 is 12.4 Å². The van der Waals surface area contributed by atoms with Gasteiger partial charge < -0.3 is 12.4 Å². The molecule has 0 unspecified atom stereocenters. The van der Waals surface area contributed by atoms with Crippen molar-refractivity contribution in [2.45, 2.75) is 105 Å². The maximum absolute atomic E-state index is 2.39. The highest BCUT2D eigenvalue weighted by Gasteiger charge is 2.27. The third-order valence-electron chi connectivity index (χ3n) is 5.82. The van der Waals surface area contributed by atoms with E-state index in [1.165, 1.54) is 112 Å². The molecule has 1 aromatic rings. The Morgan fingerprint density at radius 1 is 0.556 bits per heavy atom. The van der Waals surface area contributed by atoms with Gasteiger partial charge in [-0.2, -0.15) is 0 Å². The van der Waals surface area contributed by atoms with Crippen molar-refractivity contribution in [2.75, 3.05) is 19.6 Å². The van der Waals surface area contributed by atoms with Crippen molar-refractivity contribution in [3.63, 3.8) is 0 Å². The average molecular weight is 396 g/mol. The monoisotopic (exact) mass is 395 g/mol. The summed E-state index contributed by atoms with van der Waals surface area (Å²) in [5.74, 6) is 0. The Morgan fingerprint density at radius 3 is 1.44 bits per heavy atom. The van der Waals surface area contributed by atoms with Gasteiger partial charge in [-0.25, -0.2) is 0 Å². The van der Waals surface area contributed by atoms with Crippen LogP contribution in [0.25, 0.3) is 0 Å². The number of aryl methyl sites for hydroxylation is 1. The molecule has 0 aliphatic rings. The molecule has 2 heteroatoms. The van der Waals surface area contributed by atoms with E-state index in [4.69, 9.17) is 0 Å². The molecule has 158 valence electrons. The standard InChI is InChI=1S/C25H46N.ClH/c1-5-8-9-10-11-12-13-14-15-16-23-26(21-6-2,22-7-3)25-19-17-24(4)18-20-25;/h17-20H,5-16,21-23H2,1-4H3;1H/q+1;/p-1. The number of quaternary nitrogens is 1. The molecular formula is C25H46ClN. The summed E-state index contributed by atoms with van der Waals surface area (Å²) in [6.07, 6.45) is 16.8. The Hall–Kier alpha value is -0.530. The van der Waals surface area contributed by atoms with Gasteiger partial charge in [0.25, 0.3) is 0 Å². The van der Waals surface area contributed by atoms with Crippen LogP contribution in [0.5, 0.6) is 0 Å². The zero-order valence-electron chi connectivity index (χ0n) is 18.7. The second-order valence-electron chi connectivity index (χ2n) is 8.33. The molecule has 0 saturated heterocycles. The van der Waals surface area contributed by atoms with Gasteiger partial charge in [-0.1, -0.05) is 89.8 Å². The van der Waals surface area contributed by atoms with Crippen LogP contribution in [0.2, 0.25) is 0 Å². The van der Waals surface area contributed by atoms with E-state index in [2.05, 4.69) is 52.0 Å². The number of halogens is 1. The molecule has 1 aromatic carbocycles. The maximum Gasteiger partial charge on any atom is 0.132 e. The molecule has 0 heterocycles. The topological polar surface area (TPSA) is 0 Å². The van der Waals surface area contributed by atoms with Gasteiger partial charge >= 0.3 is 0 Å². The van der Waals surface area contributed by atoms with Gasteiger partial charge in [0.05, 0.1) is 19.6 Å². The molecule has 0 spiro atoms. The molecule has 0 fully saturated rings. The lowest BCUT2D eigenvalue weighted by Crippen LogP contribution is -3.00. The van der Waals surface area contributed by atoms with E-state index in [0.29, 0.717) is 0 Å². The van der Waals surface area contributed by atoms with Crippen molar-refractivity contribution in [2.24, 2.45) is 0 Å². The summed E-state index contributed by atoms with van der Waals surface area (Å²) < 4.78 is 1.20. The molecule has 1 nitrogen and oxygen atoms in total. The van der Waals surface area contributed by atoms with Crippen molar-refractivity contribution in [1.82, 2.24) is 4.48 Å². The lowest BCUT2D eigenvalue weighted by Gasteiger charge is -2.38. The number of benzene rings is 1. The molecule has 0 saturated carbocycles. The highest BCUT2D eigenvalue weighted by atomic mass is 35.5. The fourth-order valence-corrected chi connectivity index (χ4v) is 4.34. The summed E-state index contributed by atoms with van der Waals surface area (Å²) in [7, 11) is 0. The molecular weight excluding hydrogens is 350 g/mol. The van der Waals surface area contributed by atoms with Crippen LogP contribution in [0.3, 0.4) is 0 Å². The van der Waals surface area contributed by atoms with Crippen LogP contribution in [0.1, 0.15) is 103 Å². The average Bonchev–Trinajstić information content (AvgIpc) is 2.64. The highest BCUT2D eigenvalue weighted by Crippen LogP contribution is 2.26. The van der Waals surface area contributed by atoms with E-state index >= 15 is 0 Å². The zero-order chi connectivity index (χ0) is 19.1. The van der Waals surface area contributed by atoms with Crippen LogP contribution in [0.4, 0.5) is 5.69 Å². The normalized spacial score (nSPS) is 11.4. The summed E-state index contributed by atoms with van der Waals surface area (Å²) in [6.45, 7) is 13.1. The first-order valence-electron chi connectivity index (χ1n) is 11.6. The first kappa shape index (κ1) is 26.5. The quantitative estimate of drug-likeness (QED) is 0.271. The fraction of sp³-hybridized carbons (Fsp3) is 0.760. The Morgan fingerprint density at radius 2 is 1.00 bits per heavy atom. The van der Waals surface area contributed by atoms with Gasteiger partial charge in [0, 0.05) is 0 Å². The second-order valence-corrected chi connectivity index (χ2v) is 8.33. The summed E-state index contributed by atoms with van der Waals surface area (Å²) in [6, 6.07) is 9.37. The molecule has 0 aliphatic carbocycles. The second kappa shape index (κ2) is 16.4. The van der Waals surface area contributed by atoms with Gasteiger partial charge in [-0.05, 0) is 44.7 Å². The predicted molar refractivity (Wildman–Crippen MR) is 120 cm³/mol. The van der Waals surface area contributed by atoms with E-state index < -0.39 is 0 Å². The molecule has 0 aliphatic heterocycles. The minimum Gasteiger partial charge on any atom is -1.00 e. The van der Waals surface area contributed by atoms with Gasteiger partial charge in [0.2, 0.25) is 0 Å². The van der Waals surface area contributed by atoms with Crippen LogP contribution in [-0.4, -0.2) is 19.6 Å². The molecule has 0 N–H and O–H groups in total. The van der Waals surface area contributed by atoms with Crippen LogP contribution < -0.4 is 16.9 Å². The smallest absolute Gasteiger partial charge is 0.132 e. The highest BCUT2D eigenvalue weighted by molar-refractivity contribution is 5.44. The van der Waals surface area contributed by atoms with Crippen LogP contribution in [-0.2, 0) is 0 Å². The molecule has 0 aromatic heterocycles. The first-order chi connectivity index (χ1) is 12.7. The minimum atomic E-state index is 0. The van der Waals surface area contributed by atoms with Crippen molar-refractivity contribution >= 4 is 5.69 Å². The van der Waals surface area contributed by atoms with Crippen molar-refractivity contribution in [3.05, 3.63) is 29.8 Å². The van der Waals surface area contributed by atoms with Gasteiger partial charge in [0.15, 0.2) is 0 Å². The number of hydrogen-bond acceptors (Lipinski definition) is 0. The van der Waals surface area contributed by atoms with E-state index in [1.807, 2.05) is 0 Å². The summed E-state index contributed by atoms with van der Waals surface area (Å²) in [5.41, 5.74) is 2.91. The van der Waals surface area contributed by atoms with Crippen LogP contribution >= 0.6 is 0 Å². The van der Waals surface area contributed by atoms with Crippen molar-refractivity contribution in [3.8, 4) is 0 Å². The summed E-state index contributed by atoms with van der Waals surface area (Å²) in [4.78, 5) is 0. The number of hydrogen-bond donors (Lipinski definition) is 0. The maximum atomic E-state index is 2.39. The van der Waals surface area contributed by atoms with E-state index in [9.17, 15) is 0 Å². The van der Waals surface area contributed by atoms with Crippen LogP contribution in [0, 0.1) is 6.92 Å². The minimum absolute atomic E-state index is 0. The third-order valence-corrected chi connectivity index (χ3v) is 5.82. The Kier molecular flexibility index (Phi) is 16.1. The summed E-state index contributed by atoms with van der Waals surface area (Å²) in [5, 5.41) is 0. The van der Waals surface area contributed by atoms with Crippen molar-refractivity contribution in [1.29, 1.82) is 0 Å². The number of unbranched alkanes of at least 4 members (excludes halogenated alkanes) is 9. The Balaban J connectivity index is 0.00000676. The molecule has 0 atom stereocenters. The molecule has 1 rings (SSSR count). The molecule has 27 heavy (non-hydrogen) atoms. The molecule has 0 amide bonds. The lowest BCUT2D eigenvalue weighted by atomic mass is 10.1. The SMILES string of the molecule is CCCCCCCCCCCC[N+](CCC)(CCC)c1ccc(C)cc1.[Cl-]. The largest absolute Gasteiger partial charge is 1.00 e. The fourth-order valence-electron chi connectivity index (χ4n) is 4.34. The third kappa shape index (κ3) is 10.5. The first-order valence-corrected chi connectivity index (χ1v) is 11.6. The van der Waals surface area contributed by atoms with Gasteiger partial charge in [-0.15, -0.1) is 0 Å². The molecule has 0 radical (unpaired) electrons. The number of nitrogens with zero attached hydrogens (tertiary/aromatic N) is 1. The predicted octanol–water partition coefficient (Wildman–Crippen LogP) is 5.05. The molecule has 0 bridgehead atoms. The Labute approximate surface area is 176 Å². The van der Waals surface area contributed by atoms with E-state index in [-0.39, 0.29) is 12.4 Å². The van der Waals surface area contributed by atoms with Crippen LogP contribution in [0.15, 0.2) is 24.3 Å². The van der Waals surface area contributed by atoms with Gasteiger partial charge in [-0.3, -0.25) is 4.48 Å². The lowest BCUT2D eigenvalue weighted by molar-refractivity contribution is -0.00000584.